The molecule has 1 aliphatic heterocycles. The van der Waals surface area contributed by atoms with E-state index in [9.17, 15) is 0 Å². The second-order valence-electron chi connectivity index (χ2n) is 4.89. The second kappa shape index (κ2) is 5.74. The minimum absolute atomic E-state index is 0.770. The van der Waals surface area contributed by atoms with Crippen LogP contribution in [0.25, 0.3) is 0 Å². The van der Waals surface area contributed by atoms with Gasteiger partial charge in [0.2, 0.25) is 0 Å². The van der Waals surface area contributed by atoms with Crippen molar-refractivity contribution in [2.45, 2.75) is 19.4 Å². The van der Waals surface area contributed by atoms with Crippen molar-refractivity contribution in [3.63, 3.8) is 0 Å². The fraction of sp³-hybridized carbons (Fsp3) is 0.312. The molecular formula is C16H19N3. The molecule has 19 heavy (non-hydrogen) atoms. The summed E-state index contributed by atoms with van der Waals surface area (Å²) in [5, 5.41) is 3.50. The van der Waals surface area contributed by atoms with Gasteiger partial charge in [0.05, 0.1) is 23.6 Å². The summed E-state index contributed by atoms with van der Waals surface area (Å²) in [6.07, 6.45) is 4.44. The van der Waals surface area contributed by atoms with Gasteiger partial charge in [-0.1, -0.05) is 18.2 Å². The van der Waals surface area contributed by atoms with E-state index >= 15 is 0 Å². The molecule has 0 unspecified atom stereocenters. The molecule has 0 aliphatic carbocycles. The van der Waals surface area contributed by atoms with Crippen LogP contribution in [-0.4, -0.2) is 18.1 Å². The third-order valence-electron chi connectivity index (χ3n) is 3.54. The number of hydrogen-bond donors (Lipinski definition) is 1. The van der Waals surface area contributed by atoms with Gasteiger partial charge in [0.15, 0.2) is 0 Å². The van der Waals surface area contributed by atoms with Crippen molar-refractivity contribution in [1.82, 2.24) is 4.98 Å². The van der Waals surface area contributed by atoms with Crippen molar-refractivity contribution in [1.29, 1.82) is 0 Å². The Morgan fingerprint density at radius 3 is 2.58 bits per heavy atom. The smallest absolute Gasteiger partial charge is 0.0602 e. The summed E-state index contributed by atoms with van der Waals surface area (Å²) in [7, 11) is 0. The predicted octanol–water partition coefficient (Wildman–Crippen LogP) is 3.29. The van der Waals surface area contributed by atoms with E-state index in [1.807, 2.05) is 24.4 Å². The lowest BCUT2D eigenvalue weighted by molar-refractivity contribution is 0.949. The molecule has 3 nitrogen and oxygen atoms in total. The Morgan fingerprint density at radius 1 is 1.00 bits per heavy atom. The molecular weight excluding hydrogens is 234 g/mol. The summed E-state index contributed by atoms with van der Waals surface area (Å²) >= 11 is 0. The van der Waals surface area contributed by atoms with Crippen molar-refractivity contribution >= 4 is 11.4 Å². The number of pyridine rings is 1. The van der Waals surface area contributed by atoms with Gasteiger partial charge in [-0.25, -0.2) is 0 Å². The molecule has 1 aromatic heterocycles. The van der Waals surface area contributed by atoms with Crippen LogP contribution >= 0.6 is 0 Å². The Kier molecular flexibility index (Phi) is 3.63. The summed E-state index contributed by atoms with van der Waals surface area (Å²) in [6, 6.07) is 14.6. The molecule has 1 aliphatic rings. The summed E-state index contributed by atoms with van der Waals surface area (Å²) in [4.78, 5) is 6.80. The zero-order chi connectivity index (χ0) is 12.9. The van der Waals surface area contributed by atoms with E-state index in [-0.39, 0.29) is 0 Å². The lowest BCUT2D eigenvalue weighted by Crippen LogP contribution is -2.19. The first-order valence-electron chi connectivity index (χ1n) is 6.91. The zero-order valence-electron chi connectivity index (χ0n) is 11.0. The lowest BCUT2D eigenvalue weighted by Gasteiger charge is -2.21. The van der Waals surface area contributed by atoms with E-state index in [2.05, 4.69) is 39.5 Å². The minimum atomic E-state index is 0.770. The standard InChI is InChI=1S/C16H19N3/c1-2-9-16(19-11-5-6-12-19)15(8-1)18-13-14-7-3-4-10-17-14/h1-4,7-10,18H,5-6,11-13H2. The fourth-order valence-corrected chi connectivity index (χ4v) is 2.55. The third kappa shape index (κ3) is 2.87. The molecule has 1 aromatic carbocycles. The molecule has 1 fully saturated rings. The molecule has 0 saturated carbocycles. The van der Waals surface area contributed by atoms with Crippen molar-refractivity contribution < 1.29 is 0 Å². The van der Waals surface area contributed by atoms with E-state index in [0.29, 0.717) is 0 Å². The third-order valence-corrected chi connectivity index (χ3v) is 3.54. The van der Waals surface area contributed by atoms with Gasteiger partial charge in [0.25, 0.3) is 0 Å². The van der Waals surface area contributed by atoms with E-state index in [1.54, 1.807) is 0 Å². The molecule has 0 spiro atoms. The maximum absolute atomic E-state index is 4.34. The summed E-state index contributed by atoms with van der Waals surface area (Å²) in [5.41, 5.74) is 3.59. The largest absolute Gasteiger partial charge is 0.378 e. The first-order valence-corrected chi connectivity index (χ1v) is 6.91. The molecule has 3 rings (SSSR count). The van der Waals surface area contributed by atoms with E-state index < -0.39 is 0 Å². The highest BCUT2D eigenvalue weighted by molar-refractivity contribution is 5.70. The molecule has 0 amide bonds. The van der Waals surface area contributed by atoms with Crippen LogP contribution in [0.4, 0.5) is 11.4 Å². The van der Waals surface area contributed by atoms with Gasteiger partial charge in [0.1, 0.15) is 0 Å². The number of anilines is 2. The maximum atomic E-state index is 4.34. The zero-order valence-corrected chi connectivity index (χ0v) is 11.0. The highest BCUT2D eigenvalue weighted by Crippen LogP contribution is 2.28. The molecule has 1 N–H and O–H groups in total. The first kappa shape index (κ1) is 12.0. The molecule has 0 atom stereocenters. The van der Waals surface area contributed by atoms with Crippen molar-refractivity contribution in [2.24, 2.45) is 0 Å². The van der Waals surface area contributed by atoms with Crippen LogP contribution < -0.4 is 10.2 Å². The number of hydrogen-bond acceptors (Lipinski definition) is 3. The van der Waals surface area contributed by atoms with Gasteiger partial charge in [-0.2, -0.15) is 0 Å². The van der Waals surface area contributed by atoms with E-state index in [0.717, 1.165) is 12.2 Å². The number of aromatic nitrogens is 1. The number of benzene rings is 1. The molecule has 3 heteroatoms. The SMILES string of the molecule is c1ccc(CNc2ccccc2N2CCCC2)nc1. The monoisotopic (exact) mass is 253 g/mol. The quantitative estimate of drug-likeness (QED) is 0.906. The highest BCUT2D eigenvalue weighted by Gasteiger charge is 2.14. The van der Waals surface area contributed by atoms with Gasteiger partial charge < -0.3 is 10.2 Å². The lowest BCUT2D eigenvalue weighted by atomic mass is 10.2. The van der Waals surface area contributed by atoms with Crippen molar-refractivity contribution in [3.8, 4) is 0 Å². The van der Waals surface area contributed by atoms with Gasteiger partial charge in [0, 0.05) is 19.3 Å². The second-order valence-corrected chi connectivity index (χ2v) is 4.89. The van der Waals surface area contributed by atoms with Crippen LogP contribution in [0.3, 0.4) is 0 Å². The molecule has 0 bridgehead atoms. The fourth-order valence-electron chi connectivity index (χ4n) is 2.55. The van der Waals surface area contributed by atoms with Crippen LogP contribution in [0.2, 0.25) is 0 Å². The molecule has 98 valence electrons. The Bertz CT molecular complexity index is 519. The van der Waals surface area contributed by atoms with Crippen molar-refractivity contribution in [3.05, 3.63) is 54.4 Å². The van der Waals surface area contributed by atoms with Crippen LogP contribution in [0.15, 0.2) is 48.7 Å². The number of nitrogens with zero attached hydrogens (tertiary/aromatic N) is 2. The first-order chi connectivity index (χ1) is 9.43. The predicted molar refractivity (Wildman–Crippen MR) is 79.5 cm³/mol. The topological polar surface area (TPSA) is 28.2 Å². The number of para-hydroxylation sites is 2. The molecule has 2 aromatic rings. The molecule has 0 radical (unpaired) electrons. The van der Waals surface area contributed by atoms with Gasteiger partial charge in [-0.15, -0.1) is 0 Å². The average molecular weight is 253 g/mol. The van der Waals surface area contributed by atoms with Gasteiger partial charge in [-0.3, -0.25) is 4.98 Å². The normalized spacial score (nSPS) is 14.6. The van der Waals surface area contributed by atoms with Gasteiger partial charge >= 0.3 is 0 Å². The Hall–Kier alpha value is -2.03. The molecule has 1 saturated heterocycles. The van der Waals surface area contributed by atoms with Crippen molar-refractivity contribution in [2.75, 3.05) is 23.3 Å². The summed E-state index contributed by atoms with van der Waals surface area (Å²) in [6.45, 7) is 3.11. The maximum Gasteiger partial charge on any atom is 0.0602 e. The van der Waals surface area contributed by atoms with Crippen LogP contribution in [0, 0.1) is 0 Å². The Balaban J connectivity index is 1.73. The highest BCUT2D eigenvalue weighted by atomic mass is 15.2. The van der Waals surface area contributed by atoms with Crippen LogP contribution in [0.1, 0.15) is 18.5 Å². The summed E-state index contributed by atoms with van der Waals surface area (Å²) in [5.74, 6) is 0. The Labute approximate surface area is 114 Å². The average Bonchev–Trinajstić information content (AvgIpc) is 3.01. The Morgan fingerprint density at radius 2 is 1.79 bits per heavy atom. The van der Waals surface area contributed by atoms with Gasteiger partial charge in [-0.05, 0) is 37.1 Å². The van der Waals surface area contributed by atoms with Crippen LogP contribution in [0.5, 0.6) is 0 Å². The van der Waals surface area contributed by atoms with Crippen LogP contribution in [-0.2, 0) is 6.54 Å². The number of rotatable bonds is 4. The summed E-state index contributed by atoms with van der Waals surface area (Å²) < 4.78 is 0. The van der Waals surface area contributed by atoms with E-state index in [1.165, 1.54) is 37.3 Å². The minimum Gasteiger partial charge on any atom is -0.378 e. The van der Waals surface area contributed by atoms with E-state index in [4.69, 9.17) is 0 Å². The molecule has 2 heterocycles. The number of nitrogens with one attached hydrogen (secondary N) is 1.